The Bertz CT molecular complexity index is 756. The van der Waals surface area contributed by atoms with Gasteiger partial charge in [0.05, 0.1) is 12.8 Å². The van der Waals surface area contributed by atoms with E-state index in [0.29, 0.717) is 16.6 Å². The minimum atomic E-state index is -0.179. The van der Waals surface area contributed by atoms with Crippen LogP contribution in [0.15, 0.2) is 60.3 Å². The van der Waals surface area contributed by atoms with Crippen molar-refractivity contribution in [2.75, 3.05) is 12.0 Å². The molecule has 1 saturated heterocycles. The molecule has 0 saturated carbocycles. The van der Waals surface area contributed by atoms with E-state index >= 15 is 0 Å². The predicted molar refractivity (Wildman–Crippen MR) is 90.6 cm³/mol. The third-order valence-corrected chi connectivity index (χ3v) is 3.62. The lowest BCUT2D eigenvalue weighted by Crippen LogP contribution is -2.30. The van der Waals surface area contributed by atoms with Crippen LogP contribution in [0.25, 0.3) is 6.08 Å². The smallest absolute Gasteiger partial charge is 0.281 e. The Balaban J connectivity index is 1.96. The molecule has 0 bridgehead atoms. The van der Waals surface area contributed by atoms with Crippen molar-refractivity contribution in [2.24, 2.45) is 0 Å². The number of carbonyl (C=O) groups is 1. The Morgan fingerprint density at radius 3 is 2.50 bits per heavy atom. The standard InChI is InChI=1S/C17H14N2O2S/c1-21-15-10-6-5-7-12(15)11-14-16(20)19(17(22)18-14)13-8-3-2-4-9-13/h2-11H,1H3,(H,18,22). The number of benzene rings is 2. The van der Waals surface area contributed by atoms with Crippen LogP contribution in [0.3, 0.4) is 0 Å². The van der Waals surface area contributed by atoms with Gasteiger partial charge in [-0.1, -0.05) is 36.4 Å². The summed E-state index contributed by atoms with van der Waals surface area (Å²) in [6.07, 6.45) is 1.75. The largest absolute Gasteiger partial charge is 0.496 e. The molecule has 4 nitrogen and oxygen atoms in total. The van der Waals surface area contributed by atoms with Gasteiger partial charge in [-0.3, -0.25) is 9.69 Å². The first-order chi connectivity index (χ1) is 10.7. The van der Waals surface area contributed by atoms with Gasteiger partial charge in [0, 0.05) is 5.56 Å². The summed E-state index contributed by atoms with van der Waals surface area (Å²) < 4.78 is 5.30. The van der Waals surface area contributed by atoms with Gasteiger partial charge in [-0.15, -0.1) is 0 Å². The molecule has 2 aromatic carbocycles. The fourth-order valence-electron chi connectivity index (χ4n) is 2.29. The molecule has 5 heteroatoms. The van der Waals surface area contributed by atoms with Crippen molar-refractivity contribution in [3.8, 4) is 5.75 Å². The molecule has 0 atom stereocenters. The predicted octanol–water partition coefficient (Wildman–Crippen LogP) is 2.96. The molecule has 1 aliphatic rings. The first kappa shape index (κ1) is 14.3. The lowest BCUT2D eigenvalue weighted by molar-refractivity contribution is -0.113. The molecule has 1 amide bonds. The maximum Gasteiger partial charge on any atom is 0.281 e. The Kier molecular flexibility index (Phi) is 3.89. The molecule has 22 heavy (non-hydrogen) atoms. The molecule has 1 heterocycles. The summed E-state index contributed by atoms with van der Waals surface area (Å²) >= 11 is 5.28. The zero-order chi connectivity index (χ0) is 15.5. The van der Waals surface area contributed by atoms with Crippen LogP contribution in [0.5, 0.6) is 5.75 Å². The molecule has 1 fully saturated rings. The van der Waals surface area contributed by atoms with E-state index in [0.717, 1.165) is 11.3 Å². The van der Waals surface area contributed by atoms with E-state index < -0.39 is 0 Å². The average molecular weight is 310 g/mol. The van der Waals surface area contributed by atoms with E-state index in [-0.39, 0.29) is 5.91 Å². The van der Waals surface area contributed by atoms with Crippen LogP contribution in [-0.4, -0.2) is 18.1 Å². The number of nitrogens with one attached hydrogen (secondary N) is 1. The van der Waals surface area contributed by atoms with Crippen LogP contribution < -0.4 is 15.0 Å². The van der Waals surface area contributed by atoms with Crippen LogP contribution in [-0.2, 0) is 4.79 Å². The highest BCUT2D eigenvalue weighted by Gasteiger charge is 2.31. The van der Waals surface area contributed by atoms with Gasteiger partial charge >= 0.3 is 0 Å². The van der Waals surface area contributed by atoms with Crippen molar-refractivity contribution in [2.45, 2.75) is 0 Å². The fraction of sp³-hybridized carbons (Fsp3) is 0.0588. The second-order valence-electron chi connectivity index (χ2n) is 4.71. The molecule has 0 unspecified atom stereocenters. The molecule has 3 rings (SSSR count). The Morgan fingerprint density at radius 1 is 1.09 bits per heavy atom. The fourth-order valence-corrected chi connectivity index (χ4v) is 2.59. The molecule has 2 aromatic rings. The number of anilines is 1. The van der Waals surface area contributed by atoms with Crippen molar-refractivity contribution in [1.29, 1.82) is 0 Å². The topological polar surface area (TPSA) is 41.6 Å². The number of amides is 1. The lowest BCUT2D eigenvalue weighted by atomic mass is 10.1. The van der Waals surface area contributed by atoms with Crippen LogP contribution >= 0.6 is 12.2 Å². The average Bonchev–Trinajstić information content (AvgIpc) is 2.83. The highest BCUT2D eigenvalue weighted by Crippen LogP contribution is 2.25. The zero-order valence-corrected chi connectivity index (χ0v) is 12.8. The number of methoxy groups -OCH3 is 1. The number of carbonyl (C=O) groups excluding carboxylic acids is 1. The first-order valence-electron chi connectivity index (χ1n) is 6.76. The minimum Gasteiger partial charge on any atom is -0.496 e. The Morgan fingerprint density at radius 2 is 1.77 bits per heavy atom. The van der Waals surface area contributed by atoms with E-state index in [9.17, 15) is 4.79 Å². The van der Waals surface area contributed by atoms with Gasteiger partial charge in [-0.25, -0.2) is 0 Å². The summed E-state index contributed by atoms with van der Waals surface area (Å²) in [5, 5.41) is 3.34. The van der Waals surface area contributed by atoms with Gasteiger partial charge in [0.15, 0.2) is 5.11 Å². The van der Waals surface area contributed by atoms with Crippen LogP contribution in [0.1, 0.15) is 5.56 Å². The molecule has 0 aliphatic carbocycles. The third-order valence-electron chi connectivity index (χ3n) is 3.33. The Hall–Kier alpha value is -2.66. The lowest BCUT2D eigenvalue weighted by Gasteiger charge is -2.13. The van der Waals surface area contributed by atoms with Crippen molar-refractivity contribution >= 4 is 35.0 Å². The van der Waals surface area contributed by atoms with Gasteiger partial charge in [-0.2, -0.15) is 0 Å². The van der Waals surface area contributed by atoms with E-state index in [4.69, 9.17) is 17.0 Å². The number of hydrogen-bond acceptors (Lipinski definition) is 3. The second kappa shape index (κ2) is 5.99. The minimum absolute atomic E-state index is 0.179. The van der Waals surface area contributed by atoms with Gasteiger partial charge in [0.2, 0.25) is 0 Å². The summed E-state index contributed by atoms with van der Waals surface area (Å²) in [5.41, 5.74) is 1.99. The highest BCUT2D eigenvalue weighted by molar-refractivity contribution is 7.80. The SMILES string of the molecule is COc1ccccc1C=C1NC(=S)N(c2ccccc2)C1=O. The number of para-hydroxylation sites is 2. The summed E-state index contributed by atoms with van der Waals surface area (Å²) in [4.78, 5) is 14.1. The second-order valence-corrected chi connectivity index (χ2v) is 5.09. The van der Waals surface area contributed by atoms with E-state index in [1.165, 1.54) is 4.90 Å². The van der Waals surface area contributed by atoms with Crippen LogP contribution in [0.4, 0.5) is 5.69 Å². The number of thiocarbonyl (C=S) groups is 1. The summed E-state index contributed by atoms with van der Waals surface area (Å²) in [7, 11) is 1.60. The number of nitrogens with zero attached hydrogens (tertiary/aromatic N) is 1. The van der Waals surface area contributed by atoms with Crippen molar-refractivity contribution in [1.82, 2.24) is 5.32 Å². The molecule has 0 radical (unpaired) electrons. The molecule has 110 valence electrons. The Labute approximate surface area is 134 Å². The highest BCUT2D eigenvalue weighted by atomic mass is 32.1. The maximum atomic E-state index is 12.6. The molecule has 0 spiro atoms. The van der Waals surface area contributed by atoms with Crippen molar-refractivity contribution < 1.29 is 9.53 Å². The monoisotopic (exact) mass is 310 g/mol. The maximum absolute atomic E-state index is 12.6. The van der Waals surface area contributed by atoms with Gasteiger partial charge < -0.3 is 10.1 Å². The first-order valence-corrected chi connectivity index (χ1v) is 7.17. The molecule has 1 aliphatic heterocycles. The van der Waals surface area contributed by atoms with E-state index in [1.807, 2.05) is 54.6 Å². The molecular formula is C17H14N2O2S. The summed E-state index contributed by atoms with van der Waals surface area (Å²) in [6, 6.07) is 16.8. The molecular weight excluding hydrogens is 296 g/mol. The zero-order valence-electron chi connectivity index (χ0n) is 11.9. The van der Waals surface area contributed by atoms with Crippen LogP contribution in [0.2, 0.25) is 0 Å². The van der Waals surface area contributed by atoms with Gasteiger partial charge in [0.1, 0.15) is 11.4 Å². The van der Waals surface area contributed by atoms with Crippen molar-refractivity contribution in [3.05, 3.63) is 65.9 Å². The van der Waals surface area contributed by atoms with Gasteiger partial charge in [0.25, 0.3) is 5.91 Å². The van der Waals surface area contributed by atoms with E-state index in [2.05, 4.69) is 5.32 Å². The van der Waals surface area contributed by atoms with Crippen molar-refractivity contribution in [3.63, 3.8) is 0 Å². The normalized spacial score (nSPS) is 16.0. The molecule has 1 N–H and O–H groups in total. The summed E-state index contributed by atoms with van der Waals surface area (Å²) in [5.74, 6) is 0.524. The number of ether oxygens (including phenoxy) is 1. The quantitative estimate of drug-likeness (QED) is 0.699. The van der Waals surface area contributed by atoms with E-state index in [1.54, 1.807) is 13.2 Å². The number of hydrogen-bond donors (Lipinski definition) is 1. The summed E-state index contributed by atoms with van der Waals surface area (Å²) in [6.45, 7) is 0. The molecule has 0 aromatic heterocycles. The third kappa shape index (κ3) is 2.58. The number of rotatable bonds is 3. The van der Waals surface area contributed by atoms with Gasteiger partial charge in [-0.05, 0) is 36.5 Å². The van der Waals surface area contributed by atoms with Crippen LogP contribution in [0, 0.1) is 0 Å².